The molecular formula is C16H23BrFN. The van der Waals surface area contributed by atoms with Gasteiger partial charge in [-0.2, -0.15) is 0 Å². The summed E-state index contributed by atoms with van der Waals surface area (Å²) in [6.45, 7) is 3.04. The molecule has 0 saturated heterocycles. The number of hydrogen-bond donors (Lipinski definition) is 1. The van der Waals surface area contributed by atoms with Crippen LogP contribution >= 0.6 is 15.9 Å². The summed E-state index contributed by atoms with van der Waals surface area (Å²) in [5.74, 6) is 0.633. The van der Waals surface area contributed by atoms with Crippen LogP contribution in [0.4, 0.5) is 4.39 Å². The maximum absolute atomic E-state index is 13.7. The molecule has 1 fully saturated rings. The Bertz CT molecular complexity index is 402. The van der Waals surface area contributed by atoms with Crippen LogP contribution in [0.15, 0.2) is 22.7 Å². The highest BCUT2D eigenvalue weighted by molar-refractivity contribution is 9.10. The first-order chi connectivity index (χ1) is 9.20. The number of benzene rings is 1. The lowest BCUT2D eigenvalue weighted by molar-refractivity contribution is 0.301. The third-order valence-electron chi connectivity index (χ3n) is 4.09. The Morgan fingerprint density at radius 2 is 2.05 bits per heavy atom. The summed E-state index contributed by atoms with van der Waals surface area (Å²) in [4.78, 5) is 0. The second-order valence-electron chi connectivity index (χ2n) is 5.52. The zero-order valence-electron chi connectivity index (χ0n) is 11.6. The largest absolute Gasteiger partial charge is 0.310 e. The highest BCUT2D eigenvalue weighted by Crippen LogP contribution is 2.32. The van der Waals surface area contributed by atoms with Gasteiger partial charge in [-0.3, -0.25) is 0 Å². The van der Waals surface area contributed by atoms with Crippen molar-refractivity contribution in [1.29, 1.82) is 0 Å². The molecule has 0 amide bonds. The van der Waals surface area contributed by atoms with Gasteiger partial charge in [0.2, 0.25) is 0 Å². The molecule has 1 atom stereocenters. The van der Waals surface area contributed by atoms with E-state index in [4.69, 9.17) is 0 Å². The average molecular weight is 328 g/mol. The molecule has 0 bridgehead atoms. The summed E-state index contributed by atoms with van der Waals surface area (Å²) in [6, 6.07) is 5.80. The van der Waals surface area contributed by atoms with Gasteiger partial charge in [-0.05, 0) is 52.5 Å². The van der Waals surface area contributed by atoms with Gasteiger partial charge in [0.1, 0.15) is 5.82 Å². The van der Waals surface area contributed by atoms with Gasteiger partial charge in [-0.15, -0.1) is 0 Å². The molecule has 1 N–H and O–H groups in total. The minimum absolute atomic E-state index is 0.163. The number of halogens is 2. The van der Waals surface area contributed by atoms with Gasteiger partial charge in [-0.1, -0.05) is 45.1 Å². The van der Waals surface area contributed by atoms with Crippen molar-refractivity contribution in [2.24, 2.45) is 5.92 Å². The molecular weight excluding hydrogens is 305 g/mol. The first-order valence-electron chi connectivity index (χ1n) is 7.39. The fourth-order valence-corrected chi connectivity index (χ4v) is 3.32. The normalized spacial score (nSPS) is 18.5. The summed E-state index contributed by atoms with van der Waals surface area (Å²) in [7, 11) is 0. The monoisotopic (exact) mass is 327 g/mol. The van der Waals surface area contributed by atoms with Crippen molar-refractivity contribution in [1.82, 2.24) is 5.32 Å². The Labute approximate surface area is 124 Å². The van der Waals surface area contributed by atoms with E-state index in [2.05, 4.69) is 28.2 Å². The van der Waals surface area contributed by atoms with Crippen molar-refractivity contribution in [2.75, 3.05) is 6.54 Å². The Hall–Kier alpha value is -0.410. The molecule has 0 heterocycles. The quantitative estimate of drug-likeness (QED) is 0.782. The Kier molecular flexibility index (Phi) is 5.83. The van der Waals surface area contributed by atoms with Crippen LogP contribution in [0.5, 0.6) is 0 Å². The van der Waals surface area contributed by atoms with Crippen LogP contribution in [0.1, 0.15) is 57.1 Å². The molecule has 0 spiro atoms. The molecule has 2 rings (SSSR count). The number of rotatable bonds is 5. The van der Waals surface area contributed by atoms with Crippen molar-refractivity contribution in [3.63, 3.8) is 0 Å². The molecule has 1 aliphatic rings. The van der Waals surface area contributed by atoms with Crippen molar-refractivity contribution in [3.8, 4) is 0 Å². The van der Waals surface area contributed by atoms with Crippen LogP contribution in [-0.4, -0.2) is 6.54 Å². The molecule has 1 saturated carbocycles. The molecule has 1 aliphatic carbocycles. The molecule has 0 aromatic heterocycles. The Balaban J connectivity index is 2.07. The summed E-state index contributed by atoms with van der Waals surface area (Å²) in [5.41, 5.74) is 1.08. The van der Waals surface area contributed by atoms with E-state index in [9.17, 15) is 4.39 Å². The van der Waals surface area contributed by atoms with Gasteiger partial charge in [0, 0.05) is 6.04 Å². The third-order valence-corrected chi connectivity index (χ3v) is 4.73. The minimum atomic E-state index is -0.163. The molecule has 3 heteroatoms. The van der Waals surface area contributed by atoms with E-state index in [1.165, 1.54) is 32.1 Å². The predicted octanol–water partition coefficient (Wildman–Crippen LogP) is 5.21. The summed E-state index contributed by atoms with van der Waals surface area (Å²) in [6.07, 6.45) is 7.91. The van der Waals surface area contributed by atoms with E-state index in [1.807, 2.05) is 12.1 Å². The lowest BCUT2D eigenvalue weighted by atomic mass is 9.83. The number of nitrogens with one attached hydrogen (secondary N) is 1. The highest BCUT2D eigenvalue weighted by Gasteiger charge is 2.20. The van der Waals surface area contributed by atoms with E-state index in [0.29, 0.717) is 4.47 Å². The predicted molar refractivity (Wildman–Crippen MR) is 81.7 cm³/mol. The van der Waals surface area contributed by atoms with Crippen LogP contribution in [0.3, 0.4) is 0 Å². The fourth-order valence-electron chi connectivity index (χ4n) is 3.07. The van der Waals surface area contributed by atoms with Gasteiger partial charge >= 0.3 is 0 Å². The molecule has 1 unspecified atom stereocenters. The maximum Gasteiger partial charge on any atom is 0.137 e. The van der Waals surface area contributed by atoms with Gasteiger partial charge in [0.25, 0.3) is 0 Å². The van der Waals surface area contributed by atoms with Gasteiger partial charge < -0.3 is 5.32 Å². The summed E-state index contributed by atoms with van der Waals surface area (Å²) in [5, 5.41) is 3.51. The SMILES string of the molecule is CCNC(CC1CCCCC1)c1ccc(Br)c(F)c1. The van der Waals surface area contributed by atoms with Crippen molar-refractivity contribution < 1.29 is 4.39 Å². The van der Waals surface area contributed by atoms with Crippen LogP contribution in [0, 0.1) is 11.7 Å². The zero-order valence-corrected chi connectivity index (χ0v) is 13.2. The molecule has 19 heavy (non-hydrogen) atoms. The average Bonchev–Trinajstić information content (AvgIpc) is 2.43. The minimum Gasteiger partial charge on any atom is -0.310 e. The van der Waals surface area contributed by atoms with Gasteiger partial charge in [-0.25, -0.2) is 4.39 Å². The lowest BCUT2D eigenvalue weighted by Gasteiger charge is -2.27. The van der Waals surface area contributed by atoms with Crippen LogP contribution in [0.2, 0.25) is 0 Å². The lowest BCUT2D eigenvalue weighted by Crippen LogP contribution is -2.24. The highest BCUT2D eigenvalue weighted by atomic mass is 79.9. The van der Waals surface area contributed by atoms with E-state index in [-0.39, 0.29) is 11.9 Å². The number of hydrogen-bond acceptors (Lipinski definition) is 1. The van der Waals surface area contributed by atoms with E-state index in [1.54, 1.807) is 6.07 Å². The molecule has 1 nitrogen and oxygen atoms in total. The molecule has 1 aromatic rings. The topological polar surface area (TPSA) is 12.0 Å². The fraction of sp³-hybridized carbons (Fsp3) is 0.625. The smallest absolute Gasteiger partial charge is 0.137 e. The molecule has 106 valence electrons. The van der Waals surface area contributed by atoms with Gasteiger partial charge in [0.05, 0.1) is 4.47 Å². The van der Waals surface area contributed by atoms with Crippen molar-refractivity contribution in [2.45, 2.75) is 51.5 Å². The standard InChI is InChI=1S/C16H23BrFN/c1-2-19-16(10-12-6-4-3-5-7-12)13-8-9-14(17)15(18)11-13/h8-9,11-12,16,19H,2-7,10H2,1H3. The van der Waals surface area contributed by atoms with E-state index >= 15 is 0 Å². The summed E-state index contributed by atoms with van der Waals surface area (Å²) < 4.78 is 14.2. The van der Waals surface area contributed by atoms with Gasteiger partial charge in [0.15, 0.2) is 0 Å². The third kappa shape index (κ3) is 4.28. The second-order valence-corrected chi connectivity index (χ2v) is 6.38. The first-order valence-corrected chi connectivity index (χ1v) is 8.18. The van der Waals surface area contributed by atoms with E-state index < -0.39 is 0 Å². The molecule has 1 aromatic carbocycles. The second kappa shape index (κ2) is 7.39. The zero-order chi connectivity index (χ0) is 13.7. The maximum atomic E-state index is 13.7. The molecule has 0 radical (unpaired) electrons. The summed E-state index contributed by atoms with van der Waals surface area (Å²) >= 11 is 3.22. The van der Waals surface area contributed by atoms with Crippen molar-refractivity contribution >= 4 is 15.9 Å². The van der Waals surface area contributed by atoms with Crippen LogP contribution in [-0.2, 0) is 0 Å². The van der Waals surface area contributed by atoms with Crippen molar-refractivity contribution in [3.05, 3.63) is 34.1 Å². The van der Waals surface area contributed by atoms with Crippen LogP contribution in [0.25, 0.3) is 0 Å². The Morgan fingerprint density at radius 3 is 2.68 bits per heavy atom. The Morgan fingerprint density at radius 1 is 1.32 bits per heavy atom. The molecule has 0 aliphatic heterocycles. The van der Waals surface area contributed by atoms with E-state index in [0.717, 1.165) is 24.4 Å². The first kappa shape index (κ1) is 15.0. The van der Waals surface area contributed by atoms with Crippen LogP contribution < -0.4 is 5.32 Å².